The summed E-state index contributed by atoms with van der Waals surface area (Å²) in [5.41, 5.74) is 1.99. The van der Waals surface area contributed by atoms with Crippen LogP contribution in [-0.4, -0.2) is 38.8 Å². The fourth-order valence-electron chi connectivity index (χ4n) is 2.53. The lowest BCUT2D eigenvalue weighted by molar-refractivity contribution is 0.195. The van der Waals surface area contributed by atoms with Gasteiger partial charge in [0.15, 0.2) is 0 Å². The highest BCUT2D eigenvalue weighted by molar-refractivity contribution is 5.76. The largest absolute Gasteiger partial charge is 0.379 e. The van der Waals surface area contributed by atoms with Gasteiger partial charge < -0.3 is 10.1 Å². The van der Waals surface area contributed by atoms with Gasteiger partial charge in [-0.05, 0) is 24.6 Å². The topological polar surface area (TPSA) is 64.9 Å². The molecule has 0 unspecified atom stereocenters. The molecule has 2 aromatic heterocycles. The summed E-state index contributed by atoms with van der Waals surface area (Å²) >= 11 is 0. The van der Waals surface area contributed by atoms with Crippen molar-refractivity contribution in [1.82, 2.24) is 19.5 Å². The molecule has 1 aromatic carbocycles. The normalized spacial score (nSPS) is 18.2. The Bertz CT molecular complexity index is 763. The second-order valence-corrected chi connectivity index (χ2v) is 5.05. The van der Waals surface area contributed by atoms with Crippen LogP contribution in [0.1, 0.15) is 6.42 Å². The maximum absolute atomic E-state index is 5.36. The maximum Gasteiger partial charge on any atom is 0.224 e. The number of rotatable bonds is 3. The molecule has 0 saturated carbocycles. The van der Waals surface area contributed by atoms with Crippen molar-refractivity contribution in [3.63, 3.8) is 0 Å². The van der Waals surface area contributed by atoms with Crippen LogP contribution in [0.4, 0.5) is 5.95 Å². The van der Waals surface area contributed by atoms with Crippen LogP contribution >= 0.6 is 0 Å². The van der Waals surface area contributed by atoms with Crippen LogP contribution in [0.2, 0.25) is 0 Å². The number of nitrogens with one attached hydrogen (secondary N) is 1. The van der Waals surface area contributed by atoms with Gasteiger partial charge in [-0.25, -0.2) is 9.97 Å². The molecular weight excluding hydrogens is 266 g/mol. The third-order valence-corrected chi connectivity index (χ3v) is 3.60. The van der Waals surface area contributed by atoms with Crippen LogP contribution in [-0.2, 0) is 4.74 Å². The van der Waals surface area contributed by atoms with Gasteiger partial charge in [-0.1, -0.05) is 12.1 Å². The van der Waals surface area contributed by atoms with E-state index in [1.54, 1.807) is 12.5 Å². The van der Waals surface area contributed by atoms with Crippen molar-refractivity contribution < 1.29 is 4.74 Å². The summed E-state index contributed by atoms with van der Waals surface area (Å²) in [6.07, 6.45) is 4.53. The summed E-state index contributed by atoms with van der Waals surface area (Å²) in [5.74, 6) is 1.43. The van der Waals surface area contributed by atoms with E-state index in [0.29, 0.717) is 18.6 Å². The second-order valence-electron chi connectivity index (χ2n) is 5.05. The van der Waals surface area contributed by atoms with E-state index >= 15 is 0 Å². The first-order valence-electron chi connectivity index (χ1n) is 7.00. The van der Waals surface area contributed by atoms with Crippen LogP contribution in [0.5, 0.6) is 0 Å². The molecule has 6 heteroatoms. The van der Waals surface area contributed by atoms with E-state index in [1.165, 1.54) is 0 Å². The molecular formula is C15H15N5O. The van der Waals surface area contributed by atoms with Gasteiger partial charge in [-0.2, -0.15) is 4.98 Å². The maximum atomic E-state index is 5.36. The average Bonchev–Trinajstić information content (AvgIpc) is 3.16. The predicted octanol–water partition coefficient (Wildman–Crippen LogP) is 2.02. The van der Waals surface area contributed by atoms with Crippen molar-refractivity contribution in [3.8, 4) is 5.82 Å². The molecule has 0 amide bonds. The Labute approximate surface area is 121 Å². The fraction of sp³-hybridized carbons (Fsp3) is 0.267. The highest BCUT2D eigenvalue weighted by atomic mass is 16.5. The molecule has 0 aliphatic carbocycles. The summed E-state index contributed by atoms with van der Waals surface area (Å²) in [5, 5.41) is 3.31. The Morgan fingerprint density at radius 1 is 1.19 bits per heavy atom. The van der Waals surface area contributed by atoms with Crippen molar-refractivity contribution in [2.24, 2.45) is 0 Å². The van der Waals surface area contributed by atoms with Crippen LogP contribution in [0.15, 0.2) is 42.9 Å². The first-order valence-corrected chi connectivity index (χ1v) is 7.00. The first kappa shape index (κ1) is 12.3. The summed E-state index contributed by atoms with van der Waals surface area (Å²) in [7, 11) is 0. The monoisotopic (exact) mass is 281 g/mol. The minimum Gasteiger partial charge on any atom is -0.379 e. The molecule has 3 heterocycles. The number of aromatic nitrogens is 4. The lowest BCUT2D eigenvalue weighted by Gasteiger charge is -2.11. The molecule has 106 valence electrons. The van der Waals surface area contributed by atoms with E-state index in [1.807, 2.05) is 34.9 Å². The molecule has 3 aromatic rings. The Hall–Kier alpha value is -2.47. The number of para-hydroxylation sites is 2. The van der Waals surface area contributed by atoms with E-state index in [9.17, 15) is 0 Å². The lowest BCUT2D eigenvalue weighted by atomic mass is 10.3. The van der Waals surface area contributed by atoms with E-state index in [-0.39, 0.29) is 0 Å². The third-order valence-electron chi connectivity index (χ3n) is 3.60. The number of hydrogen-bond donors (Lipinski definition) is 1. The highest BCUT2D eigenvalue weighted by Gasteiger charge is 2.16. The third kappa shape index (κ3) is 2.34. The first-order chi connectivity index (χ1) is 10.4. The van der Waals surface area contributed by atoms with E-state index in [0.717, 1.165) is 29.9 Å². The van der Waals surface area contributed by atoms with Crippen molar-refractivity contribution in [1.29, 1.82) is 0 Å². The van der Waals surface area contributed by atoms with Crippen LogP contribution < -0.4 is 5.32 Å². The fourth-order valence-corrected chi connectivity index (χ4v) is 2.53. The molecule has 1 N–H and O–H groups in total. The van der Waals surface area contributed by atoms with Gasteiger partial charge >= 0.3 is 0 Å². The van der Waals surface area contributed by atoms with Crippen molar-refractivity contribution in [2.45, 2.75) is 12.5 Å². The minimum absolute atomic E-state index is 0.291. The molecule has 0 radical (unpaired) electrons. The number of ether oxygens (including phenoxy) is 1. The lowest BCUT2D eigenvalue weighted by Crippen LogP contribution is -2.20. The molecule has 6 nitrogen and oxygen atoms in total. The van der Waals surface area contributed by atoms with Gasteiger partial charge in [0.05, 0.1) is 23.7 Å². The van der Waals surface area contributed by atoms with Crippen LogP contribution in [0.25, 0.3) is 16.9 Å². The van der Waals surface area contributed by atoms with Crippen molar-refractivity contribution in [3.05, 3.63) is 42.9 Å². The minimum atomic E-state index is 0.291. The molecule has 0 spiro atoms. The number of anilines is 1. The van der Waals surface area contributed by atoms with Gasteiger partial charge in [0, 0.05) is 12.8 Å². The zero-order valence-electron chi connectivity index (χ0n) is 11.4. The summed E-state index contributed by atoms with van der Waals surface area (Å²) in [6, 6.07) is 10.2. The molecule has 4 rings (SSSR count). The number of fused-ring (bicyclic) bond motifs is 1. The van der Waals surface area contributed by atoms with Gasteiger partial charge in [0.1, 0.15) is 12.1 Å². The zero-order chi connectivity index (χ0) is 14.1. The Morgan fingerprint density at radius 3 is 3.05 bits per heavy atom. The number of hydrogen-bond acceptors (Lipinski definition) is 5. The SMILES string of the molecule is c1ccc2c(c1)ncn2-c1ccnc(N[C@H]2CCOC2)n1. The Kier molecular flexibility index (Phi) is 3.01. The van der Waals surface area contributed by atoms with Crippen molar-refractivity contribution in [2.75, 3.05) is 18.5 Å². The Morgan fingerprint density at radius 2 is 2.14 bits per heavy atom. The zero-order valence-corrected chi connectivity index (χ0v) is 11.4. The van der Waals surface area contributed by atoms with Crippen LogP contribution in [0, 0.1) is 0 Å². The standard InChI is InChI=1S/C15H15N5O/c1-2-4-13-12(3-1)17-10-20(13)14-5-7-16-15(19-14)18-11-6-8-21-9-11/h1-5,7,10-11H,6,8-9H2,(H,16,18,19)/t11-/m0/s1. The van der Waals surface area contributed by atoms with E-state index < -0.39 is 0 Å². The number of imidazole rings is 1. The second kappa shape index (κ2) is 5.14. The summed E-state index contributed by atoms with van der Waals surface area (Å²) in [4.78, 5) is 13.2. The summed E-state index contributed by atoms with van der Waals surface area (Å²) in [6.45, 7) is 1.51. The molecule has 1 fully saturated rings. The molecule has 1 aliphatic rings. The van der Waals surface area contributed by atoms with Crippen LogP contribution in [0.3, 0.4) is 0 Å². The van der Waals surface area contributed by atoms with Gasteiger partial charge in [0.2, 0.25) is 5.95 Å². The number of benzene rings is 1. The number of nitrogens with zero attached hydrogens (tertiary/aromatic N) is 4. The molecule has 21 heavy (non-hydrogen) atoms. The molecule has 1 saturated heterocycles. The average molecular weight is 281 g/mol. The van der Waals surface area contributed by atoms with Crippen molar-refractivity contribution >= 4 is 17.0 Å². The highest BCUT2D eigenvalue weighted by Crippen LogP contribution is 2.17. The van der Waals surface area contributed by atoms with Gasteiger partial charge in [-0.3, -0.25) is 4.57 Å². The summed E-state index contributed by atoms with van der Waals surface area (Å²) < 4.78 is 7.32. The van der Waals surface area contributed by atoms with Gasteiger partial charge in [-0.15, -0.1) is 0 Å². The molecule has 0 bridgehead atoms. The van der Waals surface area contributed by atoms with E-state index in [2.05, 4.69) is 20.3 Å². The quantitative estimate of drug-likeness (QED) is 0.795. The Balaban J connectivity index is 1.68. The van der Waals surface area contributed by atoms with Gasteiger partial charge in [0.25, 0.3) is 0 Å². The molecule has 1 atom stereocenters. The molecule has 1 aliphatic heterocycles. The predicted molar refractivity (Wildman–Crippen MR) is 79.5 cm³/mol. The van der Waals surface area contributed by atoms with E-state index in [4.69, 9.17) is 4.74 Å². The smallest absolute Gasteiger partial charge is 0.224 e.